The molecule has 0 saturated carbocycles. The fraction of sp³-hybridized carbons (Fsp3) is 0.385. The molecular formula is C39H45ClN10O2. The Bertz CT molecular complexity index is 1830. The minimum Gasteiger partial charge on any atom is -0.492 e. The summed E-state index contributed by atoms with van der Waals surface area (Å²) in [5.74, 6) is 2.72. The van der Waals surface area contributed by atoms with Gasteiger partial charge in [-0.15, -0.1) is 0 Å². The van der Waals surface area contributed by atoms with Crippen molar-refractivity contribution in [2.75, 3.05) is 49.7 Å². The van der Waals surface area contributed by atoms with E-state index in [4.69, 9.17) is 31.0 Å². The molecule has 2 saturated heterocycles. The maximum Gasteiger partial charge on any atom is 0.237 e. The van der Waals surface area contributed by atoms with Crippen molar-refractivity contribution >= 4 is 23.5 Å². The number of hydrogen-bond donors (Lipinski definition) is 1. The molecule has 2 fully saturated rings. The number of aromatic nitrogens is 6. The standard InChI is InChI=1S/C39H45ClN10O2/c1-3-51-35-19-28(20-36(37(35)40)52-4-2)27-48-15-9-33(10-16-48)50(39-45-25-32(26-46-39)30-8-6-14-42-22-30)34-11-17-49(18-12-34)47-38-43-23-31(24-44-38)29-7-5-13-41-21-29/h5-8,13-14,19-26,33-34H,3-4,9-12,15-18,27H2,1-2H3,(H,43,44,47). The van der Waals surface area contributed by atoms with E-state index < -0.39 is 0 Å². The van der Waals surface area contributed by atoms with E-state index in [1.807, 2.05) is 87.4 Å². The van der Waals surface area contributed by atoms with Gasteiger partial charge < -0.3 is 14.4 Å². The van der Waals surface area contributed by atoms with Crippen molar-refractivity contribution in [2.24, 2.45) is 0 Å². The van der Waals surface area contributed by atoms with Gasteiger partial charge in [0, 0.05) is 117 Å². The molecule has 1 N–H and O–H groups in total. The van der Waals surface area contributed by atoms with Crippen LogP contribution in [0.3, 0.4) is 0 Å². The Labute approximate surface area is 310 Å². The predicted octanol–water partition coefficient (Wildman–Crippen LogP) is 6.80. The highest BCUT2D eigenvalue weighted by molar-refractivity contribution is 6.33. The third-order valence-corrected chi connectivity index (χ3v) is 10.0. The van der Waals surface area contributed by atoms with Crippen LogP contribution in [0.25, 0.3) is 22.3 Å². The maximum atomic E-state index is 6.59. The third-order valence-electron chi connectivity index (χ3n) is 9.65. The van der Waals surface area contributed by atoms with Gasteiger partial charge in [0.15, 0.2) is 0 Å². The minimum atomic E-state index is 0.298. The molecule has 1 aromatic carbocycles. The van der Waals surface area contributed by atoms with Crippen molar-refractivity contribution in [2.45, 2.75) is 58.2 Å². The lowest BCUT2D eigenvalue weighted by Crippen LogP contribution is -2.53. The molecule has 0 amide bonds. The largest absolute Gasteiger partial charge is 0.492 e. The Hall–Kier alpha value is -4.91. The molecule has 0 atom stereocenters. The van der Waals surface area contributed by atoms with Crippen LogP contribution >= 0.6 is 11.6 Å². The van der Waals surface area contributed by atoms with Crippen LogP contribution in [-0.4, -0.2) is 91.3 Å². The van der Waals surface area contributed by atoms with Gasteiger partial charge in [-0.05, 0) is 69.4 Å². The van der Waals surface area contributed by atoms with Crippen molar-refractivity contribution in [3.8, 4) is 33.8 Å². The number of rotatable bonds is 13. The molecule has 270 valence electrons. The summed E-state index contributed by atoms with van der Waals surface area (Å²) in [5.41, 5.74) is 8.46. The highest BCUT2D eigenvalue weighted by atomic mass is 35.5. The SMILES string of the molecule is CCOc1cc(CN2CCC(N(c3ncc(-c4cccnc4)cn3)C3CCN(Nc4ncc(-c5cccnc5)cn4)CC3)CC2)cc(OCC)c1Cl. The number of halogens is 1. The Morgan fingerprint density at radius 2 is 1.23 bits per heavy atom. The first-order valence-corrected chi connectivity index (χ1v) is 18.5. The number of benzene rings is 1. The summed E-state index contributed by atoms with van der Waals surface area (Å²) in [4.78, 5) is 32.5. The fourth-order valence-electron chi connectivity index (χ4n) is 7.08. The van der Waals surface area contributed by atoms with Crippen LogP contribution in [-0.2, 0) is 6.54 Å². The third kappa shape index (κ3) is 8.58. The molecule has 52 heavy (non-hydrogen) atoms. The van der Waals surface area contributed by atoms with Gasteiger partial charge in [-0.25, -0.2) is 24.9 Å². The second kappa shape index (κ2) is 17.1. The second-order valence-corrected chi connectivity index (χ2v) is 13.4. The fourth-order valence-corrected chi connectivity index (χ4v) is 7.30. The highest BCUT2D eigenvalue weighted by Gasteiger charge is 2.34. The van der Waals surface area contributed by atoms with Crippen LogP contribution in [0.5, 0.6) is 11.5 Å². The van der Waals surface area contributed by atoms with E-state index in [0.29, 0.717) is 47.8 Å². The maximum absolute atomic E-state index is 6.59. The zero-order valence-corrected chi connectivity index (χ0v) is 30.5. The minimum absolute atomic E-state index is 0.298. The molecule has 0 bridgehead atoms. The van der Waals surface area contributed by atoms with Crippen molar-refractivity contribution < 1.29 is 9.47 Å². The van der Waals surface area contributed by atoms with Gasteiger partial charge in [0.1, 0.15) is 16.5 Å². The number of anilines is 2. The molecule has 5 aromatic rings. The number of nitrogens with zero attached hydrogens (tertiary/aromatic N) is 9. The summed E-state index contributed by atoms with van der Waals surface area (Å²) in [5, 5.41) is 2.74. The topological polar surface area (TPSA) is 118 Å². The number of piperidine rings is 2. The van der Waals surface area contributed by atoms with E-state index in [1.54, 1.807) is 12.4 Å². The van der Waals surface area contributed by atoms with Crippen LogP contribution in [0.4, 0.5) is 11.9 Å². The summed E-state index contributed by atoms with van der Waals surface area (Å²) < 4.78 is 11.7. The lowest BCUT2D eigenvalue weighted by molar-refractivity contribution is 0.183. The normalized spacial score (nSPS) is 16.1. The summed E-state index contributed by atoms with van der Waals surface area (Å²) in [6.07, 6.45) is 18.7. The second-order valence-electron chi connectivity index (χ2n) is 13.1. The molecule has 0 spiro atoms. The lowest BCUT2D eigenvalue weighted by Gasteiger charge is -2.45. The van der Waals surface area contributed by atoms with Crippen LogP contribution < -0.4 is 19.8 Å². The molecule has 12 nitrogen and oxygen atoms in total. The average Bonchev–Trinajstić information content (AvgIpc) is 3.19. The van der Waals surface area contributed by atoms with Crippen molar-refractivity contribution in [1.82, 2.24) is 39.8 Å². The molecule has 4 aromatic heterocycles. The molecule has 2 aliphatic rings. The molecule has 0 radical (unpaired) electrons. The molecule has 2 aliphatic heterocycles. The van der Waals surface area contributed by atoms with Gasteiger partial charge in [0.05, 0.1) is 13.2 Å². The smallest absolute Gasteiger partial charge is 0.237 e. The molecular weight excluding hydrogens is 676 g/mol. The summed E-state index contributed by atoms with van der Waals surface area (Å²) in [6, 6.07) is 12.6. The van der Waals surface area contributed by atoms with Gasteiger partial charge in [0.2, 0.25) is 11.9 Å². The summed E-state index contributed by atoms with van der Waals surface area (Å²) in [7, 11) is 0. The number of pyridine rings is 2. The van der Waals surface area contributed by atoms with E-state index in [-0.39, 0.29) is 0 Å². The number of likely N-dealkylation sites (tertiary alicyclic amines) is 1. The zero-order valence-electron chi connectivity index (χ0n) is 29.7. The van der Waals surface area contributed by atoms with Crippen molar-refractivity contribution in [3.63, 3.8) is 0 Å². The number of nitrogens with one attached hydrogen (secondary N) is 1. The van der Waals surface area contributed by atoms with Crippen LogP contribution in [0.2, 0.25) is 5.02 Å². The van der Waals surface area contributed by atoms with Gasteiger partial charge in [0.25, 0.3) is 0 Å². The summed E-state index contributed by atoms with van der Waals surface area (Å²) in [6.45, 7) is 9.44. The van der Waals surface area contributed by atoms with Gasteiger partial charge in [-0.3, -0.25) is 20.3 Å². The molecule has 0 aliphatic carbocycles. The Morgan fingerprint density at radius 3 is 1.73 bits per heavy atom. The van der Waals surface area contributed by atoms with Crippen LogP contribution in [0.15, 0.2) is 86.0 Å². The predicted molar refractivity (Wildman–Crippen MR) is 203 cm³/mol. The Kier molecular flexibility index (Phi) is 11.7. The Morgan fingerprint density at radius 1 is 0.712 bits per heavy atom. The van der Waals surface area contributed by atoms with E-state index in [2.05, 4.69) is 40.2 Å². The monoisotopic (exact) mass is 720 g/mol. The van der Waals surface area contributed by atoms with E-state index >= 15 is 0 Å². The van der Waals surface area contributed by atoms with Crippen molar-refractivity contribution in [3.05, 3.63) is 96.6 Å². The molecule has 6 heterocycles. The van der Waals surface area contributed by atoms with Crippen LogP contribution in [0, 0.1) is 0 Å². The van der Waals surface area contributed by atoms with Gasteiger partial charge >= 0.3 is 0 Å². The Balaban J connectivity index is 1.03. The van der Waals surface area contributed by atoms with Crippen molar-refractivity contribution in [1.29, 1.82) is 0 Å². The summed E-state index contributed by atoms with van der Waals surface area (Å²) >= 11 is 6.59. The van der Waals surface area contributed by atoms with Gasteiger partial charge in [-0.1, -0.05) is 23.7 Å². The first-order chi connectivity index (χ1) is 25.6. The van der Waals surface area contributed by atoms with E-state index in [1.165, 1.54) is 0 Å². The highest BCUT2D eigenvalue weighted by Crippen LogP contribution is 2.37. The number of hydrogen-bond acceptors (Lipinski definition) is 12. The molecule has 13 heteroatoms. The molecule has 7 rings (SSSR count). The van der Waals surface area contributed by atoms with Gasteiger partial charge in [-0.2, -0.15) is 0 Å². The lowest BCUT2D eigenvalue weighted by atomic mass is 9.96. The van der Waals surface area contributed by atoms with Crippen LogP contribution in [0.1, 0.15) is 45.1 Å². The first-order valence-electron chi connectivity index (χ1n) is 18.1. The quantitative estimate of drug-likeness (QED) is 0.138. The average molecular weight is 721 g/mol. The number of hydrazine groups is 1. The molecule has 0 unspecified atom stereocenters. The van der Waals surface area contributed by atoms with E-state index in [0.717, 1.165) is 92.2 Å². The zero-order chi connectivity index (χ0) is 35.7. The number of ether oxygens (including phenoxy) is 2. The first kappa shape index (κ1) is 35.5. The van der Waals surface area contributed by atoms with E-state index in [9.17, 15) is 0 Å².